The lowest BCUT2D eigenvalue weighted by atomic mass is 10.2. The fraction of sp³-hybridized carbons (Fsp3) is 0.167. The summed E-state index contributed by atoms with van der Waals surface area (Å²) in [4.78, 5) is 11.9. The number of anilines is 1. The maximum Gasteiger partial charge on any atom is 0.338 e. The van der Waals surface area contributed by atoms with E-state index in [4.69, 9.17) is 18.2 Å². The Kier molecular flexibility index (Phi) is 5.06. The normalized spacial score (nSPS) is 11.4. The van der Waals surface area contributed by atoms with Crippen LogP contribution in [-0.4, -0.2) is 22.6 Å². The molecule has 0 fully saturated rings. The first-order valence-corrected chi connectivity index (χ1v) is 9.21. The van der Waals surface area contributed by atoms with Crippen LogP contribution in [0.3, 0.4) is 0 Å². The van der Waals surface area contributed by atoms with E-state index in [1.807, 2.05) is 6.92 Å². The van der Waals surface area contributed by atoms with Crippen molar-refractivity contribution in [2.24, 2.45) is 0 Å². The molecule has 0 unspecified atom stereocenters. The molecular weight excluding hydrogens is 374 g/mol. The lowest BCUT2D eigenvalue weighted by Crippen LogP contribution is -2.13. The van der Waals surface area contributed by atoms with Crippen LogP contribution in [0.5, 0.6) is 11.5 Å². The number of methoxy groups -OCH3 is 2. The minimum Gasteiger partial charge on any atom is -0.493 e. The summed E-state index contributed by atoms with van der Waals surface area (Å²) in [7, 11) is -1.24. The van der Waals surface area contributed by atoms with Gasteiger partial charge < -0.3 is 13.9 Å². The molecule has 0 aliphatic rings. The summed E-state index contributed by atoms with van der Waals surface area (Å²) in [5, 5.41) is 0.381. The SMILES string of the molecule is COc1ccc2c(NOS(=O)(=O)c3ccc(C)cc3)cc(=O)oc2c1OC. The van der Waals surface area contributed by atoms with E-state index >= 15 is 0 Å². The van der Waals surface area contributed by atoms with Gasteiger partial charge in [-0.15, -0.1) is 4.28 Å². The fourth-order valence-electron chi connectivity index (χ4n) is 2.47. The van der Waals surface area contributed by atoms with Crippen molar-refractivity contribution in [3.05, 3.63) is 58.4 Å². The summed E-state index contributed by atoms with van der Waals surface area (Å²) in [5.41, 5.74) is 2.73. The Morgan fingerprint density at radius 1 is 1.00 bits per heavy atom. The highest BCUT2D eigenvalue weighted by Gasteiger charge is 2.19. The Morgan fingerprint density at radius 3 is 2.33 bits per heavy atom. The van der Waals surface area contributed by atoms with Crippen LogP contribution in [-0.2, 0) is 14.4 Å². The molecule has 1 N–H and O–H groups in total. The molecule has 27 heavy (non-hydrogen) atoms. The second-order valence-corrected chi connectivity index (χ2v) is 7.16. The van der Waals surface area contributed by atoms with Crippen LogP contribution in [0.2, 0.25) is 0 Å². The Bertz CT molecular complexity index is 1130. The highest BCUT2D eigenvalue weighted by Crippen LogP contribution is 2.37. The Hall–Kier alpha value is -3.04. The Labute approximate surface area is 155 Å². The van der Waals surface area contributed by atoms with E-state index in [2.05, 4.69) is 5.48 Å². The molecule has 0 aliphatic carbocycles. The molecule has 1 aromatic heterocycles. The van der Waals surface area contributed by atoms with Gasteiger partial charge in [0, 0.05) is 11.5 Å². The summed E-state index contributed by atoms with van der Waals surface area (Å²) in [5.74, 6) is 0.565. The third-order valence-corrected chi connectivity index (χ3v) is 4.98. The molecule has 1 heterocycles. The lowest BCUT2D eigenvalue weighted by molar-refractivity contribution is 0.351. The first-order chi connectivity index (χ1) is 12.9. The van der Waals surface area contributed by atoms with E-state index in [-0.39, 0.29) is 21.9 Å². The predicted molar refractivity (Wildman–Crippen MR) is 98.7 cm³/mol. The van der Waals surface area contributed by atoms with Gasteiger partial charge in [0.25, 0.3) is 0 Å². The third kappa shape index (κ3) is 3.74. The topological polar surface area (TPSA) is 104 Å². The molecule has 0 radical (unpaired) electrons. The number of ether oxygens (including phenoxy) is 2. The zero-order chi connectivity index (χ0) is 19.6. The third-order valence-electron chi connectivity index (χ3n) is 3.83. The van der Waals surface area contributed by atoms with Crippen LogP contribution in [0.1, 0.15) is 5.56 Å². The lowest BCUT2D eigenvalue weighted by Gasteiger charge is -2.12. The average molecular weight is 391 g/mol. The second kappa shape index (κ2) is 7.29. The molecule has 0 amide bonds. The highest BCUT2D eigenvalue weighted by molar-refractivity contribution is 7.86. The van der Waals surface area contributed by atoms with Crippen molar-refractivity contribution in [3.63, 3.8) is 0 Å². The number of hydrogen-bond acceptors (Lipinski definition) is 8. The molecule has 0 aliphatic heterocycles. The number of aryl methyl sites for hydroxylation is 1. The number of benzene rings is 2. The second-order valence-electron chi connectivity index (χ2n) is 5.61. The van der Waals surface area contributed by atoms with Gasteiger partial charge in [0.2, 0.25) is 5.75 Å². The van der Waals surface area contributed by atoms with Crippen molar-refractivity contribution in [1.29, 1.82) is 0 Å². The number of nitrogens with one attached hydrogen (secondary N) is 1. The van der Waals surface area contributed by atoms with Crippen LogP contribution in [0, 0.1) is 6.92 Å². The van der Waals surface area contributed by atoms with Gasteiger partial charge in [0.1, 0.15) is 0 Å². The van der Waals surface area contributed by atoms with Gasteiger partial charge >= 0.3 is 15.7 Å². The summed E-state index contributed by atoms with van der Waals surface area (Å²) in [6, 6.07) is 10.4. The number of rotatable bonds is 6. The molecular formula is C18H17NO7S. The van der Waals surface area contributed by atoms with E-state index in [0.29, 0.717) is 11.1 Å². The van der Waals surface area contributed by atoms with Gasteiger partial charge in [-0.3, -0.25) is 0 Å². The zero-order valence-corrected chi connectivity index (χ0v) is 15.6. The van der Waals surface area contributed by atoms with E-state index in [0.717, 1.165) is 11.6 Å². The van der Waals surface area contributed by atoms with Crippen LogP contribution in [0.25, 0.3) is 11.0 Å². The molecule has 3 rings (SSSR count). The molecule has 0 saturated heterocycles. The molecule has 0 saturated carbocycles. The van der Waals surface area contributed by atoms with Crippen molar-refractivity contribution in [3.8, 4) is 11.5 Å². The van der Waals surface area contributed by atoms with Gasteiger partial charge in [-0.05, 0) is 31.2 Å². The van der Waals surface area contributed by atoms with Crippen LogP contribution < -0.4 is 20.6 Å². The standard InChI is InChI=1S/C18H17NO7S/c1-11-4-6-12(7-5-11)27(21,22)26-19-14-10-16(20)25-17-13(14)8-9-15(23-2)18(17)24-3/h4-10,19H,1-3H3. The summed E-state index contributed by atoms with van der Waals surface area (Å²) >= 11 is 0. The molecule has 2 aromatic carbocycles. The average Bonchev–Trinajstić information content (AvgIpc) is 2.65. The van der Waals surface area contributed by atoms with Crippen molar-refractivity contribution >= 4 is 26.8 Å². The maximum absolute atomic E-state index is 12.3. The monoisotopic (exact) mass is 391 g/mol. The van der Waals surface area contributed by atoms with Gasteiger partial charge in [0.15, 0.2) is 11.3 Å². The van der Waals surface area contributed by atoms with Gasteiger partial charge in [-0.25, -0.2) is 10.3 Å². The molecule has 142 valence electrons. The van der Waals surface area contributed by atoms with E-state index in [9.17, 15) is 13.2 Å². The van der Waals surface area contributed by atoms with Crippen molar-refractivity contribution in [1.82, 2.24) is 0 Å². The van der Waals surface area contributed by atoms with Crippen molar-refractivity contribution in [2.75, 3.05) is 19.7 Å². The van der Waals surface area contributed by atoms with E-state index in [1.165, 1.54) is 26.4 Å². The van der Waals surface area contributed by atoms with E-state index in [1.54, 1.807) is 24.3 Å². The van der Waals surface area contributed by atoms with Crippen LogP contribution in [0.15, 0.2) is 56.6 Å². The molecule has 0 atom stereocenters. The minimum absolute atomic E-state index is 0.0212. The molecule has 9 heteroatoms. The first kappa shape index (κ1) is 18.7. The predicted octanol–water partition coefficient (Wildman–Crippen LogP) is 2.85. The van der Waals surface area contributed by atoms with Crippen molar-refractivity contribution < 1.29 is 26.6 Å². The molecule has 0 spiro atoms. The quantitative estimate of drug-likeness (QED) is 0.505. The summed E-state index contributed by atoms with van der Waals surface area (Å²) in [6.45, 7) is 1.84. The smallest absolute Gasteiger partial charge is 0.338 e. The first-order valence-electron chi connectivity index (χ1n) is 7.80. The largest absolute Gasteiger partial charge is 0.493 e. The Morgan fingerprint density at radius 2 is 1.70 bits per heavy atom. The molecule has 0 bridgehead atoms. The van der Waals surface area contributed by atoms with Gasteiger partial charge in [-0.1, -0.05) is 17.7 Å². The zero-order valence-electron chi connectivity index (χ0n) is 14.8. The van der Waals surface area contributed by atoms with Crippen LogP contribution >= 0.6 is 0 Å². The molecule has 3 aromatic rings. The fourth-order valence-corrected chi connectivity index (χ4v) is 3.24. The highest BCUT2D eigenvalue weighted by atomic mass is 32.2. The van der Waals surface area contributed by atoms with Crippen LogP contribution in [0.4, 0.5) is 5.69 Å². The number of fused-ring (bicyclic) bond motifs is 1. The molecule has 8 nitrogen and oxygen atoms in total. The minimum atomic E-state index is -4.08. The maximum atomic E-state index is 12.3. The van der Waals surface area contributed by atoms with Gasteiger partial charge in [-0.2, -0.15) is 8.42 Å². The van der Waals surface area contributed by atoms with Gasteiger partial charge in [0.05, 0.1) is 24.8 Å². The summed E-state index contributed by atoms with van der Waals surface area (Å²) in [6.07, 6.45) is 0. The Balaban J connectivity index is 2.00. The van der Waals surface area contributed by atoms with Crippen molar-refractivity contribution in [2.45, 2.75) is 11.8 Å². The van der Waals surface area contributed by atoms with E-state index < -0.39 is 15.7 Å². The summed E-state index contributed by atoms with van der Waals surface area (Å²) < 4.78 is 45.2. The number of hydrogen-bond donors (Lipinski definition) is 1.